The summed E-state index contributed by atoms with van der Waals surface area (Å²) in [5, 5.41) is 5.69. The number of hydrogen-bond acceptors (Lipinski definition) is 3. The van der Waals surface area contributed by atoms with Gasteiger partial charge in [0.05, 0.1) is 5.69 Å². The Bertz CT molecular complexity index is 525. The van der Waals surface area contributed by atoms with Gasteiger partial charge in [-0.25, -0.2) is 13.8 Å². The molecule has 2 nitrogen and oxygen atoms in total. The van der Waals surface area contributed by atoms with Crippen LogP contribution in [0.15, 0.2) is 23.6 Å². The lowest BCUT2D eigenvalue weighted by molar-refractivity contribution is 0.509. The third-order valence-corrected chi connectivity index (χ3v) is 3.47. The summed E-state index contributed by atoms with van der Waals surface area (Å²) >= 11 is 1.42. The first kappa shape index (κ1) is 12.1. The second-order valence-corrected chi connectivity index (χ2v) is 4.57. The SMILES string of the molecule is CNC(C)c1csc(-c2ccc(F)c(F)c2)n1. The smallest absolute Gasteiger partial charge is 0.159 e. The van der Waals surface area contributed by atoms with Crippen molar-refractivity contribution in [2.24, 2.45) is 0 Å². The highest BCUT2D eigenvalue weighted by Crippen LogP contribution is 2.27. The van der Waals surface area contributed by atoms with Crippen LogP contribution in [0.3, 0.4) is 0 Å². The predicted molar refractivity (Wildman–Crippen MR) is 64.9 cm³/mol. The van der Waals surface area contributed by atoms with Crippen LogP contribution in [0.2, 0.25) is 0 Å². The minimum absolute atomic E-state index is 0.144. The maximum absolute atomic E-state index is 13.1. The van der Waals surface area contributed by atoms with Gasteiger partial charge in [-0.3, -0.25) is 0 Å². The van der Waals surface area contributed by atoms with E-state index >= 15 is 0 Å². The molecule has 1 N–H and O–H groups in total. The number of nitrogens with one attached hydrogen (secondary N) is 1. The molecule has 1 unspecified atom stereocenters. The van der Waals surface area contributed by atoms with Crippen LogP contribution < -0.4 is 5.32 Å². The maximum atomic E-state index is 13.1. The Hall–Kier alpha value is -1.33. The van der Waals surface area contributed by atoms with Gasteiger partial charge < -0.3 is 5.32 Å². The summed E-state index contributed by atoms with van der Waals surface area (Å²) in [5.41, 5.74) is 1.50. The van der Waals surface area contributed by atoms with Crippen LogP contribution in [0.1, 0.15) is 18.7 Å². The Kier molecular flexibility index (Phi) is 3.49. The molecule has 0 bridgehead atoms. The van der Waals surface area contributed by atoms with Gasteiger partial charge in [-0.05, 0) is 32.2 Å². The Morgan fingerprint density at radius 2 is 2.06 bits per heavy atom. The summed E-state index contributed by atoms with van der Waals surface area (Å²) in [4.78, 5) is 4.39. The molecular weight excluding hydrogens is 242 g/mol. The number of hydrogen-bond donors (Lipinski definition) is 1. The lowest BCUT2D eigenvalue weighted by Gasteiger charge is -2.05. The summed E-state index contributed by atoms with van der Waals surface area (Å²) in [7, 11) is 1.85. The lowest BCUT2D eigenvalue weighted by atomic mass is 10.2. The van der Waals surface area contributed by atoms with Crippen LogP contribution in [-0.4, -0.2) is 12.0 Å². The highest BCUT2D eigenvalue weighted by Gasteiger charge is 2.11. The molecule has 0 radical (unpaired) electrons. The molecule has 1 aromatic heterocycles. The van der Waals surface area contributed by atoms with Crippen molar-refractivity contribution in [3.8, 4) is 10.6 Å². The number of benzene rings is 1. The molecule has 0 aliphatic rings. The molecule has 0 aliphatic carbocycles. The number of nitrogens with zero attached hydrogens (tertiary/aromatic N) is 1. The fraction of sp³-hybridized carbons (Fsp3) is 0.250. The second kappa shape index (κ2) is 4.89. The molecule has 2 aromatic rings. The van der Waals surface area contributed by atoms with Crippen molar-refractivity contribution >= 4 is 11.3 Å². The average molecular weight is 254 g/mol. The third-order valence-electron chi connectivity index (χ3n) is 2.57. The molecular formula is C12H12F2N2S. The van der Waals surface area contributed by atoms with Crippen LogP contribution in [0.25, 0.3) is 10.6 Å². The summed E-state index contributed by atoms with van der Waals surface area (Å²) in [6.45, 7) is 1.99. The minimum Gasteiger partial charge on any atom is -0.312 e. The Morgan fingerprint density at radius 1 is 1.29 bits per heavy atom. The monoisotopic (exact) mass is 254 g/mol. The van der Waals surface area contributed by atoms with Crippen molar-refractivity contribution in [1.82, 2.24) is 10.3 Å². The highest BCUT2D eigenvalue weighted by molar-refractivity contribution is 7.13. The van der Waals surface area contributed by atoms with Crippen LogP contribution >= 0.6 is 11.3 Å². The van der Waals surface area contributed by atoms with E-state index in [0.717, 1.165) is 11.8 Å². The predicted octanol–water partition coefficient (Wildman–Crippen LogP) is 3.37. The molecule has 1 aromatic carbocycles. The van der Waals surface area contributed by atoms with Crippen molar-refractivity contribution in [2.75, 3.05) is 7.05 Å². The van der Waals surface area contributed by atoms with Crippen molar-refractivity contribution in [2.45, 2.75) is 13.0 Å². The molecule has 17 heavy (non-hydrogen) atoms. The van der Waals surface area contributed by atoms with Crippen molar-refractivity contribution < 1.29 is 8.78 Å². The van der Waals surface area contributed by atoms with Gasteiger partial charge in [0.15, 0.2) is 11.6 Å². The van der Waals surface area contributed by atoms with Crippen molar-refractivity contribution in [1.29, 1.82) is 0 Å². The molecule has 1 atom stereocenters. The zero-order valence-corrected chi connectivity index (χ0v) is 10.3. The van der Waals surface area contributed by atoms with E-state index in [1.807, 2.05) is 19.4 Å². The molecule has 5 heteroatoms. The first-order valence-electron chi connectivity index (χ1n) is 5.20. The number of aromatic nitrogens is 1. The fourth-order valence-corrected chi connectivity index (χ4v) is 2.31. The van der Waals surface area contributed by atoms with E-state index in [2.05, 4.69) is 10.3 Å². The van der Waals surface area contributed by atoms with E-state index < -0.39 is 11.6 Å². The number of thiazole rings is 1. The minimum atomic E-state index is -0.846. The molecule has 0 spiro atoms. The molecule has 0 fully saturated rings. The van der Waals surface area contributed by atoms with E-state index in [1.165, 1.54) is 23.5 Å². The zero-order valence-electron chi connectivity index (χ0n) is 9.50. The molecule has 0 aliphatic heterocycles. The molecule has 90 valence electrons. The van der Waals surface area contributed by atoms with Crippen molar-refractivity contribution in [3.05, 3.63) is 40.9 Å². The first-order chi connectivity index (χ1) is 8.11. The van der Waals surface area contributed by atoms with Gasteiger partial charge in [-0.2, -0.15) is 0 Å². The summed E-state index contributed by atoms with van der Waals surface area (Å²) in [6, 6.07) is 3.96. The van der Waals surface area contributed by atoms with Crippen LogP contribution in [-0.2, 0) is 0 Å². The van der Waals surface area contributed by atoms with E-state index in [-0.39, 0.29) is 6.04 Å². The molecule has 0 amide bonds. The molecule has 0 saturated carbocycles. The van der Waals surface area contributed by atoms with Crippen LogP contribution in [0, 0.1) is 11.6 Å². The van der Waals surface area contributed by atoms with Gasteiger partial charge in [0.1, 0.15) is 5.01 Å². The quantitative estimate of drug-likeness (QED) is 0.908. The molecule has 0 saturated heterocycles. The number of halogens is 2. The van der Waals surface area contributed by atoms with E-state index in [1.54, 1.807) is 0 Å². The first-order valence-corrected chi connectivity index (χ1v) is 6.08. The zero-order chi connectivity index (χ0) is 12.4. The van der Waals surface area contributed by atoms with Crippen molar-refractivity contribution in [3.63, 3.8) is 0 Å². The van der Waals surface area contributed by atoms with Crippen LogP contribution in [0.5, 0.6) is 0 Å². The van der Waals surface area contributed by atoms with Gasteiger partial charge >= 0.3 is 0 Å². The van der Waals surface area contributed by atoms with Gasteiger partial charge in [-0.1, -0.05) is 0 Å². The average Bonchev–Trinajstić information content (AvgIpc) is 2.81. The summed E-state index contributed by atoms with van der Waals surface area (Å²) in [6.07, 6.45) is 0. The van der Waals surface area contributed by atoms with Crippen LogP contribution in [0.4, 0.5) is 8.78 Å². The number of rotatable bonds is 3. The van der Waals surface area contributed by atoms with Gasteiger partial charge in [0.2, 0.25) is 0 Å². The fourth-order valence-electron chi connectivity index (χ4n) is 1.39. The van der Waals surface area contributed by atoms with Gasteiger partial charge in [-0.15, -0.1) is 11.3 Å². The maximum Gasteiger partial charge on any atom is 0.159 e. The topological polar surface area (TPSA) is 24.9 Å². The second-order valence-electron chi connectivity index (χ2n) is 3.72. The van der Waals surface area contributed by atoms with E-state index in [9.17, 15) is 8.78 Å². The summed E-state index contributed by atoms with van der Waals surface area (Å²) < 4.78 is 25.9. The Morgan fingerprint density at radius 3 is 2.71 bits per heavy atom. The molecule has 1 heterocycles. The van der Waals surface area contributed by atoms with Gasteiger partial charge in [0.25, 0.3) is 0 Å². The molecule has 2 rings (SSSR count). The van der Waals surface area contributed by atoms with E-state index in [4.69, 9.17) is 0 Å². The Labute approximate surface area is 102 Å². The Balaban J connectivity index is 2.33. The summed E-state index contributed by atoms with van der Waals surface area (Å²) in [5.74, 6) is -1.69. The van der Waals surface area contributed by atoms with E-state index in [0.29, 0.717) is 10.6 Å². The standard InChI is InChI=1S/C12H12F2N2S/c1-7(15-2)11-6-17-12(16-11)8-3-4-9(13)10(14)5-8/h3-7,15H,1-2H3. The largest absolute Gasteiger partial charge is 0.312 e. The third kappa shape index (κ3) is 2.50. The van der Waals surface area contributed by atoms with Gasteiger partial charge in [0, 0.05) is 17.0 Å². The highest BCUT2D eigenvalue weighted by atomic mass is 32.1. The normalized spacial score (nSPS) is 12.7. The lowest BCUT2D eigenvalue weighted by Crippen LogP contribution is -2.12.